The second-order valence-electron chi connectivity index (χ2n) is 4.14. The molecule has 1 aromatic heterocycles. The molecule has 0 unspecified atom stereocenters. The zero-order chi connectivity index (χ0) is 14.1. The minimum absolute atomic E-state index is 0.0767. The zero-order valence-electron chi connectivity index (χ0n) is 10.1. The van der Waals surface area contributed by atoms with Crippen LogP contribution < -0.4 is 0 Å². The Hall–Kier alpha value is -1.59. The van der Waals surface area contributed by atoms with Gasteiger partial charge in [0.05, 0.1) is 11.3 Å². The van der Waals surface area contributed by atoms with Gasteiger partial charge in [-0.2, -0.15) is 0 Å². The molecular weight excluding hydrogens is 344 g/mol. The highest BCUT2D eigenvalue weighted by Crippen LogP contribution is 2.32. The molecule has 5 heteroatoms. The highest BCUT2D eigenvalue weighted by Gasteiger charge is 2.14. The molecule has 0 saturated heterocycles. The predicted octanol–water partition coefficient (Wildman–Crippen LogP) is 5.52. The summed E-state index contributed by atoms with van der Waals surface area (Å²) in [4.78, 5) is 4.33. The summed E-state index contributed by atoms with van der Waals surface area (Å²) in [5.41, 5.74) is 1.16. The van der Waals surface area contributed by atoms with E-state index in [0.717, 1.165) is 15.0 Å². The van der Waals surface area contributed by atoms with Gasteiger partial charge in [0.2, 0.25) is 0 Å². The van der Waals surface area contributed by atoms with Gasteiger partial charge in [-0.25, -0.2) is 13.8 Å². The zero-order valence-corrected chi connectivity index (χ0v) is 12.5. The molecule has 1 heterocycles. The predicted molar refractivity (Wildman–Crippen MR) is 80.6 cm³/mol. The van der Waals surface area contributed by atoms with Crippen molar-refractivity contribution in [1.29, 1.82) is 0 Å². The molecule has 0 bridgehead atoms. The minimum atomic E-state index is -0.599. The lowest BCUT2D eigenvalue weighted by molar-refractivity contribution is 0.589. The summed E-state index contributed by atoms with van der Waals surface area (Å²) in [6.07, 6.45) is 0. The molecule has 0 N–H and O–H groups in total. The van der Waals surface area contributed by atoms with Crippen molar-refractivity contribution in [3.8, 4) is 21.8 Å². The lowest BCUT2D eigenvalue weighted by atomic mass is 10.1. The van der Waals surface area contributed by atoms with Crippen LogP contribution in [0.15, 0.2) is 52.3 Å². The summed E-state index contributed by atoms with van der Waals surface area (Å²) in [6.45, 7) is 0. The quantitative estimate of drug-likeness (QED) is 0.592. The Morgan fingerprint density at radius 2 is 1.60 bits per heavy atom. The van der Waals surface area contributed by atoms with E-state index in [-0.39, 0.29) is 5.56 Å². The number of aromatic nitrogens is 1. The second-order valence-corrected chi connectivity index (χ2v) is 5.92. The Morgan fingerprint density at radius 3 is 2.25 bits per heavy atom. The van der Waals surface area contributed by atoms with Crippen molar-refractivity contribution in [3.63, 3.8) is 0 Å². The second kappa shape index (κ2) is 5.42. The van der Waals surface area contributed by atoms with Crippen LogP contribution in [0.4, 0.5) is 8.78 Å². The van der Waals surface area contributed by atoms with Crippen molar-refractivity contribution in [2.45, 2.75) is 0 Å². The number of hydrogen-bond donors (Lipinski definition) is 0. The Labute approximate surface area is 127 Å². The topological polar surface area (TPSA) is 12.9 Å². The smallest absolute Gasteiger partial charge is 0.135 e. The van der Waals surface area contributed by atoms with Crippen LogP contribution in [0.5, 0.6) is 0 Å². The molecule has 2 aromatic carbocycles. The molecule has 0 aliphatic rings. The van der Waals surface area contributed by atoms with Crippen molar-refractivity contribution >= 4 is 27.3 Å². The first-order chi connectivity index (χ1) is 9.65. The SMILES string of the molecule is Fc1cccc(F)c1-c1csc(-c2ccc(Br)cc2)n1. The van der Waals surface area contributed by atoms with E-state index in [4.69, 9.17) is 0 Å². The lowest BCUT2D eigenvalue weighted by Gasteiger charge is -2.00. The summed E-state index contributed by atoms with van der Waals surface area (Å²) < 4.78 is 28.4. The normalized spacial score (nSPS) is 10.8. The summed E-state index contributed by atoms with van der Waals surface area (Å²) in [5, 5.41) is 2.40. The van der Waals surface area contributed by atoms with Gasteiger partial charge in [-0.3, -0.25) is 0 Å². The van der Waals surface area contributed by atoms with E-state index < -0.39 is 11.6 Å². The van der Waals surface area contributed by atoms with Gasteiger partial charge in [0, 0.05) is 15.4 Å². The van der Waals surface area contributed by atoms with E-state index in [1.54, 1.807) is 5.38 Å². The van der Waals surface area contributed by atoms with Crippen LogP contribution in [0.2, 0.25) is 0 Å². The molecule has 3 rings (SSSR count). The molecule has 0 spiro atoms. The first-order valence-electron chi connectivity index (χ1n) is 5.81. The summed E-state index contributed by atoms with van der Waals surface area (Å²) in [5.74, 6) is -1.20. The number of benzene rings is 2. The maximum absolute atomic E-state index is 13.7. The molecule has 1 nitrogen and oxygen atoms in total. The molecule has 3 aromatic rings. The van der Waals surface area contributed by atoms with Crippen molar-refractivity contribution in [2.75, 3.05) is 0 Å². The first-order valence-corrected chi connectivity index (χ1v) is 7.48. The molecule has 0 amide bonds. The fourth-order valence-corrected chi connectivity index (χ4v) is 2.94. The summed E-state index contributed by atoms with van der Waals surface area (Å²) in [6, 6.07) is 11.4. The number of rotatable bonds is 2. The Morgan fingerprint density at radius 1 is 0.950 bits per heavy atom. The van der Waals surface area contributed by atoms with E-state index in [0.29, 0.717) is 5.69 Å². The van der Waals surface area contributed by atoms with Crippen LogP contribution in [-0.2, 0) is 0 Å². The van der Waals surface area contributed by atoms with Gasteiger partial charge in [0.1, 0.15) is 16.6 Å². The van der Waals surface area contributed by atoms with Gasteiger partial charge >= 0.3 is 0 Å². The monoisotopic (exact) mass is 351 g/mol. The van der Waals surface area contributed by atoms with E-state index in [2.05, 4.69) is 20.9 Å². The number of halogens is 3. The van der Waals surface area contributed by atoms with Gasteiger partial charge < -0.3 is 0 Å². The third kappa shape index (κ3) is 2.51. The van der Waals surface area contributed by atoms with Crippen LogP contribution in [-0.4, -0.2) is 4.98 Å². The molecule has 0 aliphatic heterocycles. The van der Waals surface area contributed by atoms with E-state index in [1.807, 2.05) is 24.3 Å². The Balaban J connectivity index is 2.04. The molecule has 0 radical (unpaired) electrons. The number of hydrogen-bond acceptors (Lipinski definition) is 2. The average molecular weight is 352 g/mol. The Kier molecular flexibility index (Phi) is 3.63. The van der Waals surface area contributed by atoms with Crippen LogP contribution in [0.25, 0.3) is 21.8 Å². The first kappa shape index (κ1) is 13.4. The van der Waals surface area contributed by atoms with Gasteiger partial charge in [0.25, 0.3) is 0 Å². The third-order valence-electron chi connectivity index (χ3n) is 2.81. The van der Waals surface area contributed by atoms with Gasteiger partial charge in [-0.15, -0.1) is 11.3 Å². The molecule has 100 valence electrons. The van der Waals surface area contributed by atoms with Crippen LogP contribution >= 0.6 is 27.3 Å². The van der Waals surface area contributed by atoms with Crippen molar-refractivity contribution in [2.24, 2.45) is 0 Å². The largest absolute Gasteiger partial charge is 0.236 e. The van der Waals surface area contributed by atoms with Crippen molar-refractivity contribution in [3.05, 3.63) is 64.0 Å². The fourth-order valence-electron chi connectivity index (χ4n) is 1.86. The van der Waals surface area contributed by atoms with Crippen LogP contribution in [0, 0.1) is 11.6 Å². The summed E-state index contributed by atoms with van der Waals surface area (Å²) in [7, 11) is 0. The van der Waals surface area contributed by atoms with Crippen molar-refractivity contribution < 1.29 is 8.78 Å². The van der Waals surface area contributed by atoms with Crippen LogP contribution in [0.3, 0.4) is 0 Å². The highest BCUT2D eigenvalue weighted by molar-refractivity contribution is 9.10. The van der Waals surface area contributed by atoms with E-state index in [9.17, 15) is 8.78 Å². The lowest BCUT2D eigenvalue weighted by Crippen LogP contribution is -1.89. The van der Waals surface area contributed by atoms with Gasteiger partial charge in [0.15, 0.2) is 0 Å². The van der Waals surface area contributed by atoms with Crippen molar-refractivity contribution in [1.82, 2.24) is 4.98 Å². The Bertz CT molecular complexity index is 733. The molecular formula is C15H8BrF2NS. The minimum Gasteiger partial charge on any atom is -0.236 e. The standard InChI is InChI=1S/C15H8BrF2NS/c16-10-6-4-9(5-7-10)15-19-13(8-20-15)14-11(17)2-1-3-12(14)18/h1-8H. The maximum atomic E-state index is 13.7. The molecule has 0 saturated carbocycles. The van der Waals surface area contributed by atoms with E-state index >= 15 is 0 Å². The van der Waals surface area contributed by atoms with Crippen LogP contribution in [0.1, 0.15) is 0 Å². The molecule has 0 fully saturated rings. The average Bonchev–Trinajstić information content (AvgIpc) is 2.89. The van der Waals surface area contributed by atoms with Gasteiger partial charge in [-0.05, 0) is 24.3 Å². The third-order valence-corrected chi connectivity index (χ3v) is 4.23. The number of nitrogens with zero attached hydrogens (tertiary/aromatic N) is 1. The maximum Gasteiger partial charge on any atom is 0.135 e. The fraction of sp³-hybridized carbons (Fsp3) is 0. The molecule has 20 heavy (non-hydrogen) atoms. The highest BCUT2D eigenvalue weighted by atomic mass is 79.9. The summed E-state index contributed by atoms with van der Waals surface area (Å²) >= 11 is 4.72. The van der Waals surface area contributed by atoms with E-state index in [1.165, 1.54) is 29.5 Å². The molecule has 0 atom stereocenters. The molecule has 0 aliphatic carbocycles. The number of thiazole rings is 1. The van der Waals surface area contributed by atoms with Gasteiger partial charge in [-0.1, -0.05) is 34.1 Å².